The summed E-state index contributed by atoms with van der Waals surface area (Å²) in [5.41, 5.74) is 1.36. The molecule has 0 amide bonds. The zero-order valence-electron chi connectivity index (χ0n) is 18.2. The van der Waals surface area contributed by atoms with Crippen molar-refractivity contribution in [2.24, 2.45) is 4.99 Å². The summed E-state index contributed by atoms with van der Waals surface area (Å²) in [6, 6.07) is 5.25. The fourth-order valence-electron chi connectivity index (χ4n) is 4.20. The van der Waals surface area contributed by atoms with Gasteiger partial charge in [-0.1, -0.05) is 6.07 Å². The summed E-state index contributed by atoms with van der Waals surface area (Å²) in [7, 11) is 1.79. The summed E-state index contributed by atoms with van der Waals surface area (Å²) in [5, 5.41) is 3.36. The maximum Gasteiger partial charge on any atom is 0.193 e. The normalized spacial score (nSPS) is 20.8. The topological polar surface area (TPSA) is 63.9 Å². The van der Waals surface area contributed by atoms with Crippen LogP contribution in [0.15, 0.2) is 41.9 Å². The van der Waals surface area contributed by atoms with Crippen molar-refractivity contribution in [2.75, 3.05) is 33.4 Å². The predicted molar refractivity (Wildman–Crippen MR) is 118 cm³/mol. The van der Waals surface area contributed by atoms with E-state index in [0.29, 0.717) is 18.8 Å². The first kappa shape index (κ1) is 21.8. The second-order valence-corrected chi connectivity index (χ2v) is 8.16. The summed E-state index contributed by atoms with van der Waals surface area (Å²) >= 11 is 0. The van der Waals surface area contributed by atoms with Gasteiger partial charge in [0.15, 0.2) is 5.96 Å². The lowest BCUT2D eigenvalue weighted by Crippen LogP contribution is -2.47. The van der Waals surface area contributed by atoms with E-state index in [1.54, 1.807) is 42.5 Å². The summed E-state index contributed by atoms with van der Waals surface area (Å²) in [5.74, 6) is 0.570. The number of benzene rings is 1. The number of piperidine rings is 1. The molecule has 31 heavy (non-hydrogen) atoms. The first-order valence-corrected chi connectivity index (χ1v) is 11.2. The molecule has 7 nitrogen and oxygen atoms in total. The van der Waals surface area contributed by atoms with Gasteiger partial charge in [-0.3, -0.25) is 4.99 Å². The molecule has 0 saturated carbocycles. The Hall–Kier alpha value is -2.45. The third kappa shape index (κ3) is 5.83. The molecule has 8 heteroatoms. The number of ether oxygens (including phenoxy) is 2. The van der Waals surface area contributed by atoms with Crippen molar-refractivity contribution in [3.8, 4) is 5.69 Å². The van der Waals surface area contributed by atoms with Gasteiger partial charge < -0.3 is 24.3 Å². The Labute approximate surface area is 183 Å². The van der Waals surface area contributed by atoms with E-state index in [1.807, 2.05) is 6.07 Å². The maximum atomic E-state index is 14.5. The first-order valence-electron chi connectivity index (χ1n) is 11.2. The molecule has 2 fully saturated rings. The van der Waals surface area contributed by atoms with Gasteiger partial charge in [-0.2, -0.15) is 0 Å². The van der Waals surface area contributed by atoms with Gasteiger partial charge in [-0.05, 0) is 49.8 Å². The molecular weight excluding hydrogens is 397 g/mol. The highest BCUT2D eigenvalue weighted by Crippen LogP contribution is 2.18. The van der Waals surface area contributed by atoms with Crippen LogP contribution in [0.5, 0.6) is 0 Å². The molecule has 2 saturated heterocycles. The van der Waals surface area contributed by atoms with Gasteiger partial charge in [0, 0.05) is 45.7 Å². The lowest BCUT2D eigenvalue weighted by atomic mass is 10.1. The Kier molecular flexibility index (Phi) is 7.53. The lowest BCUT2D eigenvalue weighted by molar-refractivity contribution is -0.0721. The minimum absolute atomic E-state index is 0.266. The number of hydrogen-bond donors (Lipinski definition) is 1. The Balaban J connectivity index is 1.23. The van der Waals surface area contributed by atoms with Crippen LogP contribution in [0.4, 0.5) is 4.39 Å². The Morgan fingerprint density at radius 3 is 2.84 bits per heavy atom. The third-order valence-corrected chi connectivity index (χ3v) is 5.99. The summed E-state index contributed by atoms with van der Waals surface area (Å²) < 4.78 is 28.0. The van der Waals surface area contributed by atoms with E-state index in [9.17, 15) is 4.39 Å². The van der Waals surface area contributed by atoms with Crippen LogP contribution in [-0.2, 0) is 16.0 Å². The number of aromatic nitrogens is 2. The number of rotatable bonds is 6. The smallest absolute Gasteiger partial charge is 0.193 e. The molecule has 0 aliphatic carbocycles. The molecule has 0 radical (unpaired) electrons. The van der Waals surface area contributed by atoms with Crippen LogP contribution in [-0.4, -0.2) is 66.0 Å². The van der Waals surface area contributed by atoms with Gasteiger partial charge in [0.05, 0.1) is 30.8 Å². The SMILES string of the molecule is CN=C(NCc1ccc(-n2ccnc2)c(F)c1)N1CCC(OCC2CCCCO2)CC1. The number of hydrogen-bond acceptors (Lipinski definition) is 4. The predicted octanol–water partition coefficient (Wildman–Crippen LogP) is 3.14. The summed E-state index contributed by atoms with van der Waals surface area (Å²) in [6.07, 6.45) is 11.0. The zero-order chi connectivity index (χ0) is 21.5. The van der Waals surface area contributed by atoms with Crippen LogP contribution < -0.4 is 5.32 Å². The zero-order valence-corrected chi connectivity index (χ0v) is 18.2. The highest BCUT2D eigenvalue weighted by atomic mass is 19.1. The average molecular weight is 430 g/mol. The van der Waals surface area contributed by atoms with Gasteiger partial charge in [-0.15, -0.1) is 0 Å². The molecule has 2 aromatic rings. The molecule has 2 aliphatic rings. The Morgan fingerprint density at radius 1 is 1.29 bits per heavy atom. The number of nitrogens with one attached hydrogen (secondary N) is 1. The van der Waals surface area contributed by atoms with E-state index >= 15 is 0 Å². The highest BCUT2D eigenvalue weighted by molar-refractivity contribution is 5.80. The van der Waals surface area contributed by atoms with Crippen molar-refractivity contribution < 1.29 is 13.9 Å². The fourth-order valence-corrected chi connectivity index (χ4v) is 4.20. The van der Waals surface area contributed by atoms with Gasteiger partial charge in [0.25, 0.3) is 0 Å². The molecule has 1 unspecified atom stereocenters. The first-order chi connectivity index (χ1) is 15.2. The number of likely N-dealkylation sites (tertiary alicyclic amines) is 1. The highest BCUT2D eigenvalue weighted by Gasteiger charge is 2.23. The van der Waals surface area contributed by atoms with Crippen molar-refractivity contribution in [3.63, 3.8) is 0 Å². The van der Waals surface area contributed by atoms with Crippen LogP contribution in [0, 0.1) is 5.82 Å². The molecule has 1 aromatic carbocycles. The van der Waals surface area contributed by atoms with E-state index in [-0.39, 0.29) is 18.0 Å². The van der Waals surface area contributed by atoms with Crippen LogP contribution >= 0.6 is 0 Å². The van der Waals surface area contributed by atoms with E-state index in [0.717, 1.165) is 50.5 Å². The molecule has 1 aromatic heterocycles. The van der Waals surface area contributed by atoms with Crippen molar-refractivity contribution in [2.45, 2.75) is 50.9 Å². The second kappa shape index (κ2) is 10.7. The van der Waals surface area contributed by atoms with E-state index < -0.39 is 0 Å². The number of imidazole rings is 1. The summed E-state index contributed by atoms with van der Waals surface area (Å²) in [4.78, 5) is 10.6. The van der Waals surface area contributed by atoms with Gasteiger partial charge in [-0.25, -0.2) is 9.37 Å². The third-order valence-electron chi connectivity index (χ3n) is 5.99. The van der Waals surface area contributed by atoms with Crippen LogP contribution in [0.1, 0.15) is 37.7 Å². The van der Waals surface area contributed by atoms with Gasteiger partial charge >= 0.3 is 0 Å². The lowest BCUT2D eigenvalue weighted by Gasteiger charge is -2.35. The molecule has 1 N–H and O–H groups in total. The van der Waals surface area contributed by atoms with E-state index in [4.69, 9.17) is 9.47 Å². The van der Waals surface area contributed by atoms with E-state index in [1.165, 1.54) is 12.8 Å². The molecule has 168 valence electrons. The Bertz CT molecular complexity index is 844. The summed E-state index contributed by atoms with van der Waals surface area (Å²) in [6.45, 7) is 3.87. The molecule has 1 atom stereocenters. The van der Waals surface area contributed by atoms with Crippen molar-refractivity contribution in [1.29, 1.82) is 0 Å². The minimum atomic E-state index is -0.271. The van der Waals surface area contributed by atoms with Gasteiger partial charge in [0.2, 0.25) is 0 Å². The monoisotopic (exact) mass is 429 g/mol. The molecule has 2 aliphatic heterocycles. The second-order valence-electron chi connectivity index (χ2n) is 8.16. The average Bonchev–Trinajstić information content (AvgIpc) is 3.34. The number of aliphatic imine (C=N–C) groups is 1. The molecule has 0 bridgehead atoms. The number of guanidine groups is 1. The van der Waals surface area contributed by atoms with Crippen molar-refractivity contribution in [3.05, 3.63) is 48.3 Å². The van der Waals surface area contributed by atoms with Crippen LogP contribution in [0.25, 0.3) is 5.69 Å². The number of nitrogens with zero attached hydrogens (tertiary/aromatic N) is 4. The largest absolute Gasteiger partial charge is 0.376 e. The van der Waals surface area contributed by atoms with Gasteiger partial charge in [0.1, 0.15) is 5.82 Å². The quantitative estimate of drug-likeness (QED) is 0.565. The standard InChI is InChI=1S/C23H32FN5O2/c1-25-23(27-15-18-5-6-22(21(24)14-18)29-12-9-26-17-29)28-10-7-19(8-11-28)31-16-20-4-2-3-13-30-20/h5-6,9,12,14,17,19-20H,2-4,7-8,10-11,13,15-16H2,1H3,(H,25,27). The molecular formula is C23H32FN5O2. The fraction of sp³-hybridized carbons (Fsp3) is 0.565. The van der Waals surface area contributed by atoms with E-state index in [2.05, 4.69) is 20.2 Å². The number of halogens is 1. The molecule has 3 heterocycles. The molecule has 4 rings (SSSR count). The van der Waals surface area contributed by atoms with Crippen molar-refractivity contribution in [1.82, 2.24) is 19.8 Å². The molecule has 0 spiro atoms. The van der Waals surface area contributed by atoms with Crippen LogP contribution in [0.2, 0.25) is 0 Å². The Morgan fingerprint density at radius 2 is 2.16 bits per heavy atom. The van der Waals surface area contributed by atoms with Crippen LogP contribution in [0.3, 0.4) is 0 Å². The maximum absolute atomic E-state index is 14.5. The minimum Gasteiger partial charge on any atom is -0.376 e. The van der Waals surface area contributed by atoms with Crippen molar-refractivity contribution >= 4 is 5.96 Å².